The maximum Gasteiger partial charge on any atom is 0.251 e. The molecule has 1 N–H and O–H groups in total. The van der Waals surface area contributed by atoms with E-state index in [1.54, 1.807) is 16.0 Å². The normalized spacial score (nSPS) is 11.0. The van der Waals surface area contributed by atoms with Gasteiger partial charge in [-0.1, -0.05) is 26.0 Å². The third-order valence-corrected chi connectivity index (χ3v) is 5.24. The molecule has 0 saturated carbocycles. The summed E-state index contributed by atoms with van der Waals surface area (Å²) in [6.07, 6.45) is 4.06. The summed E-state index contributed by atoms with van der Waals surface area (Å²) in [5.41, 5.74) is 1.73. The maximum absolute atomic E-state index is 12.2. The Labute approximate surface area is 150 Å². The van der Waals surface area contributed by atoms with Crippen LogP contribution in [0.3, 0.4) is 0 Å². The highest BCUT2D eigenvalue weighted by Gasteiger charge is 2.10. The Balaban J connectivity index is 1.59. The Morgan fingerprint density at radius 3 is 2.60 bits per heavy atom. The van der Waals surface area contributed by atoms with E-state index in [0.29, 0.717) is 24.4 Å². The quantitative estimate of drug-likeness (QED) is 0.738. The van der Waals surface area contributed by atoms with Gasteiger partial charge >= 0.3 is 0 Å². The van der Waals surface area contributed by atoms with Crippen LogP contribution in [0, 0.1) is 0 Å². The molecule has 1 amide bonds. The lowest BCUT2D eigenvalue weighted by atomic mass is 10.1. The van der Waals surface area contributed by atoms with Crippen LogP contribution < -0.4 is 5.32 Å². The van der Waals surface area contributed by atoms with E-state index in [4.69, 9.17) is 0 Å². The summed E-state index contributed by atoms with van der Waals surface area (Å²) in [5, 5.41) is 8.05. The smallest absolute Gasteiger partial charge is 0.251 e. The molecule has 0 aliphatic heterocycles. The van der Waals surface area contributed by atoms with E-state index in [9.17, 15) is 4.79 Å². The maximum atomic E-state index is 12.2. The minimum absolute atomic E-state index is 0.0825. The van der Waals surface area contributed by atoms with Crippen molar-refractivity contribution in [3.8, 4) is 10.4 Å². The number of rotatable bonds is 6. The Hall–Kier alpha value is -2.54. The van der Waals surface area contributed by atoms with Crippen LogP contribution in [0.5, 0.6) is 0 Å². The van der Waals surface area contributed by atoms with Crippen molar-refractivity contribution < 1.29 is 4.79 Å². The van der Waals surface area contributed by atoms with E-state index in [0.717, 1.165) is 21.3 Å². The van der Waals surface area contributed by atoms with E-state index >= 15 is 0 Å². The third kappa shape index (κ3) is 4.11. The largest absolute Gasteiger partial charge is 0.352 e. The molecular weight excluding hydrogens is 334 g/mol. The summed E-state index contributed by atoms with van der Waals surface area (Å²) < 4.78 is 1.71. The molecule has 0 atom stereocenters. The number of carbonyl (C=O) groups is 1. The predicted octanol–water partition coefficient (Wildman–Crippen LogP) is 3.03. The van der Waals surface area contributed by atoms with Crippen molar-refractivity contribution >= 4 is 17.2 Å². The van der Waals surface area contributed by atoms with Crippen LogP contribution in [0.25, 0.3) is 10.4 Å². The highest BCUT2D eigenvalue weighted by molar-refractivity contribution is 7.15. The van der Waals surface area contributed by atoms with E-state index in [-0.39, 0.29) is 5.91 Å². The molecule has 0 fully saturated rings. The predicted molar refractivity (Wildman–Crippen MR) is 98.7 cm³/mol. The average molecular weight is 355 g/mol. The highest BCUT2D eigenvalue weighted by atomic mass is 32.1. The van der Waals surface area contributed by atoms with Crippen LogP contribution in [0.2, 0.25) is 0 Å². The highest BCUT2D eigenvalue weighted by Crippen LogP contribution is 2.29. The standard InChI is InChI=1S/C18H21N5OS/c1-12(2)18-20-10-15(25-18)13-4-6-14(7-5-13)17(24)19-9-8-16-21-11-22-23(16)3/h4-7,10-12H,8-9H2,1-3H3,(H,19,24). The monoisotopic (exact) mass is 355 g/mol. The van der Waals surface area contributed by atoms with Crippen LogP contribution in [0.15, 0.2) is 36.8 Å². The molecule has 0 saturated heterocycles. The zero-order valence-corrected chi connectivity index (χ0v) is 15.4. The fourth-order valence-electron chi connectivity index (χ4n) is 2.41. The van der Waals surface area contributed by atoms with Crippen molar-refractivity contribution in [1.29, 1.82) is 0 Å². The summed E-state index contributed by atoms with van der Waals surface area (Å²) in [7, 11) is 1.84. The van der Waals surface area contributed by atoms with Gasteiger partial charge in [0.2, 0.25) is 0 Å². The number of benzene rings is 1. The lowest BCUT2D eigenvalue weighted by Crippen LogP contribution is -2.26. The molecule has 3 aromatic rings. The fourth-order valence-corrected chi connectivity index (χ4v) is 3.34. The number of nitrogens with one attached hydrogen (secondary N) is 1. The Morgan fingerprint density at radius 2 is 2.00 bits per heavy atom. The van der Waals surface area contributed by atoms with Crippen molar-refractivity contribution in [2.45, 2.75) is 26.2 Å². The molecule has 25 heavy (non-hydrogen) atoms. The molecule has 2 aromatic heterocycles. The van der Waals surface area contributed by atoms with E-state index < -0.39 is 0 Å². The van der Waals surface area contributed by atoms with Gasteiger partial charge in [0.15, 0.2) is 0 Å². The Morgan fingerprint density at radius 1 is 1.24 bits per heavy atom. The van der Waals surface area contributed by atoms with E-state index in [1.807, 2.05) is 37.5 Å². The number of nitrogens with zero attached hydrogens (tertiary/aromatic N) is 4. The molecule has 1 aromatic carbocycles. The van der Waals surface area contributed by atoms with Crippen LogP contribution >= 0.6 is 11.3 Å². The first-order chi connectivity index (χ1) is 12.0. The molecule has 130 valence electrons. The number of amides is 1. The fraction of sp³-hybridized carbons (Fsp3) is 0.333. The van der Waals surface area contributed by atoms with Gasteiger partial charge in [-0.25, -0.2) is 9.97 Å². The summed E-state index contributed by atoms with van der Waals surface area (Å²) in [6, 6.07) is 7.63. The molecule has 2 heterocycles. The van der Waals surface area contributed by atoms with Gasteiger partial charge in [0.05, 0.1) is 9.88 Å². The van der Waals surface area contributed by atoms with Gasteiger partial charge in [0.1, 0.15) is 12.2 Å². The van der Waals surface area contributed by atoms with Crippen LogP contribution in [-0.4, -0.2) is 32.2 Å². The molecule has 7 heteroatoms. The topological polar surface area (TPSA) is 72.7 Å². The molecule has 3 rings (SSSR count). The van der Waals surface area contributed by atoms with Gasteiger partial charge in [-0.3, -0.25) is 9.48 Å². The second kappa shape index (κ2) is 7.57. The first-order valence-electron chi connectivity index (χ1n) is 8.22. The van der Waals surface area contributed by atoms with E-state index in [1.165, 1.54) is 6.33 Å². The molecule has 0 radical (unpaired) electrons. The van der Waals surface area contributed by atoms with Crippen LogP contribution in [-0.2, 0) is 13.5 Å². The SMILES string of the molecule is CC(C)c1ncc(-c2ccc(C(=O)NCCc3ncnn3C)cc2)s1. The molecule has 0 aliphatic rings. The molecule has 6 nitrogen and oxygen atoms in total. The minimum Gasteiger partial charge on any atom is -0.352 e. The van der Waals surface area contributed by atoms with Gasteiger partial charge in [0.25, 0.3) is 5.91 Å². The van der Waals surface area contributed by atoms with Crippen molar-refractivity contribution in [3.05, 3.63) is 53.2 Å². The van der Waals surface area contributed by atoms with Crippen molar-refractivity contribution in [3.63, 3.8) is 0 Å². The zero-order chi connectivity index (χ0) is 17.8. The summed E-state index contributed by atoms with van der Waals surface area (Å²) in [6.45, 7) is 4.80. The lowest BCUT2D eigenvalue weighted by Gasteiger charge is -2.06. The van der Waals surface area contributed by atoms with E-state index in [2.05, 4.69) is 34.2 Å². The Bertz CT molecular complexity index is 850. The summed E-state index contributed by atoms with van der Waals surface area (Å²) in [5.74, 6) is 1.19. The summed E-state index contributed by atoms with van der Waals surface area (Å²) >= 11 is 1.70. The minimum atomic E-state index is -0.0825. The van der Waals surface area contributed by atoms with Gasteiger partial charge in [-0.15, -0.1) is 11.3 Å². The van der Waals surface area contributed by atoms with Crippen molar-refractivity contribution in [1.82, 2.24) is 25.1 Å². The second-order valence-electron chi connectivity index (χ2n) is 6.10. The van der Waals surface area contributed by atoms with Gasteiger partial charge in [-0.2, -0.15) is 5.10 Å². The number of aryl methyl sites for hydroxylation is 1. The first kappa shape index (κ1) is 17.3. The zero-order valence-electron chi connectivity index (χ0n) is 14.6. The van der Waals surface area contributed by atoms with Gasteiger partial charge < -0.3 is 5.32 Å². The number of thiazole rings is 1. The number of aromatic nitrogens is 4. The van der Waals surface area contributed by atoms with Crippen LogP contribution in [0.4, 0.5) is 0 Å². The number of hydrogen-bond acceptors (Lipinski definition) is 5. The van der Waals surface area contributed by atoms with Gasteiger partial charge in [-0.05, 0) is 17.7 Å². The number of hydrogen-bond donors (Lipinski definition) is 1. The third-order valence-electron chi connectivity index (χ3n) is 3.89. The second-order valence-corrected chi connectivity index (χ2v) is 7.16. The molecule has 0 unspecified atom stereocenters. The van der Waals surface area contributed by atoms with Gasteiger partial charge in [0, 0.05) is 37.7 Å². The average Bonchev–Trinajstić information content (AvgIpc) is 3.25. The molecule has 0 spiro atoms. The molecule has 0 bridgehead atoms. The molecule has 0 aliphatic carbocycles. The number of carbonyl (C=O) groups excluding carboxylic acids is 1. The first-order valence-corrected chi connectivity index (χ1v) is 9.03. The van der Waals surface area contributed by atoms with Crippen LogP contribution in [0.1, 0.15) is 41.0 Å². The Kier molecular flexibility index (Phi) is 5.23. The van der Waals surface area contributed by atoms with Crippen molar-refractivity contribution in [2.75, 3.05) is 6.54 Å². The van der Waals surface area contributed by atoms with Crippen molar-refractivity contribution in [2.24, 2.45) is 7.05 Å². The summed E-state index contributed by atoms with van der Waals surface area (Å²) in [4.78, 5) is 21.9. The molecular formula is C18H21N5OS. The lowest BCUT2D eigenvalue weighted by molar-refractivity contribution is 0.0954.